The van der Waals surface area contributed by atoms with Crippen LogP contribution < -0.4 is 5.32 Å². The van der Waals surface area contributed by atoms with E-state index in [0.29, 0.717) is 28.5 Å². The Morgan fingerprint density at radius 3 is 2.15 bits per heavy atom. The van der Waals surface area contributed by atoms with Gasteiger partial charge in [0.1, 0.15) is 9.88 Å². The molecule has 2 heterocycles. The molecule has 0 atom stereocenters. The van der Waals surface area contributed by atoms with Crippen LogP contribution in [0.3, 0.4) is 0 Å². The molecule has 0 spiro atoms. The zero-order valence-corrected chi connectivity index (χ0v) is 16.4. The molecule has 8 heteroatoms. The van der Waals surface area contributed by atoms with Crippen molar-refractivity contribution >= 4 is 34.3 Å². The highest BCUT2D eigenvalue weighted by Gasteiger charge is 2.28. The van der Waals surface area contributed by atoms with Crippen molar-refractivity contribution in [3.05, 3.63) is 16.0 Å². The van der Waals surface area contributed by atoms with Crippen molar-refractivity contribution in [2.75, 3.05) is 31.6 Å². The first-order valence-electron chi connectivity index (χ1n) is 9.03. The van der Waals surface area contributed by atoms with Crippen LogP contribution in [0.25, 0.3) is 0 Å². The van der Waals surface area contributed by atoms with E-state index in [1.807, 2.05) is 0 Å². The Kier molecular flexibility index (Phi) is 7.44. The molecule has 0 bridgehead atoms. The Labute approximate surface area is 157 Å². The van der Waals surface area contributed by atoms with Gasteiger partial charge in [0, 0.05) is 13.1 Å². The van der Waals surface area contributed by atoms with Crippen LogP contribution in [0.15, 0.2) is 0 Å². The maximum Gasteiger partial charge on any atom is 0.348 e. The Hall–Kier alpha value is -2.09. The number of carbonyl (C=O) groups excluding carboxylic acids is 3. The van der Waals surface area contributed by atoms with E-state index in [2.05, 4.69) is 5.32 Å². The molecule has 1 saturated heterocycles. The molecule has 7 nitrogen and oxygen atoms in total. The summed E-state index contributed by atoms with van der Waals surface area (Å²) < 4.78 is 10.2. The molecular formula is C18H26N2O5S. The van der Waals surface area contributed by atoms with Crippen molar-refractivity contribution in [2.24, 2.45) is 0 Å². The van der Waals surface area contributed by atoms with Gasteiger partial charge in [0.2, 0.25) is 0 Å². The molecule has 1 aliphatic heterocycles. The lowest BCUT2D eigenvalue weighted by Gasteiger charge is -2.20. The zero-order chi connectivity index (χ0) is 19.1. The molecule has 0 aromatic carbocycles. The Morgan fingerprint density at radius 2 is 1.58 bits per heavy atom. The summed E-state index contributed by atoms with van der Waals surface area (Å²) in [5.41, 5.74) is 0.696. The van der Waals surface area contributed by atoms with Gasteiger partial charge in [-0.15, -0.1) is 11.3 Å². The number of urea groups is 1. The van der Waals surface area contributed by atoms with E-state index in [1.165, 1.54) is 0 Å². The maximum atomic E-state index is 12.6. The van der Waals surface area contributed by atoms with Crippen molar-refractivity contribution < 1.29 is 23.9 Å². The van der Waals surface area contributed by atoms with Crippen LogP contribution in [0.4, 0.5) is 9.80 Å². The lowest BCUT2D eigenvalue weighted by atomic mass is 10.1. The molecule has 1 aromatic rings. The summed E-state index contributed by atoms with van der Waals surface area (Å²) in [6.45, 7) is 6.92. The minimum Gasteiger partial charge on any atom is -0.462 e. The topological polar surface area (TPSA) is 84.9 Å². The van der Waals surface area contributed by atoms with E-state index >= 15 is 0 Å². The summed E-state index contributed by atoms with van der Waals surface area (Å²) in [5.74, 6) is -1.06. The number of amides is 2. The summed E-state index contributed by atoms with van der Waals surface area (Å²) in [6.07, 6.45) is 4.16. The number of ether oxygens (including phenoxy) is 2. The summed E-state index contributed by atoms with van der Waals surface area (Å²) in [6, 6.07) is -0.255. The third-order valence-electron chi connectivity index (χ3n) is 4.20. The van der Waals surface area contributed by atoms with Crippen LogP contribution in [-0.4, -0.2) is 49.2 Å². The molecule has 0 aliphatic carbocycles. The average Bonchev–Trinajstić information content (AvgIpc) is 2.78. The number of carbonyl (C=O) groups is 3. The SMILES string of the molecule is CCOC(=O)c1sc(NC(=O)N2CCCCCC2)c(C(=O)OCC)c1C. The predicted octanol–water partition coefficient (Wildman–Crippen LogP) is 3.82. The van der Waals surface area contributed by atoms with Crippen LogP contribution in [0.1, 0.15) is 65.1 Å². The molecule has 1 aliphatic rings. The number of likely N-dealkylation sites (tertiary alicyclic amines) is 1. The Balaban J connectivity index is 2.29. The molecule has 26 heavy (non-hydrogen) atoms. The summed E-state index contributed by atoms with van der Waals surface area (Å²) in [4.78, 5) is 39.2. The molecule has 0 radical (unpaired) electrons. The van der Waals surface area contributed by atoms with E-state index in [-0.39, 0.29) is 24.8 Å². The third-order valence-corrected chi connectivity index (χ3v) is 5.39. The van der Waals surface area contributed by atoms with Crippen LogP contribution in [-0.2, 0) is 9.47 Å². The second-order valence-corrected chi connectivity index (χ2v) is 7.05. The fourth-order valence-corrected chi connectivity index (χ4v) is 3.97. The number of hydrogen-bond acceptors (Lipinski definition) is 6. The van der Waals surface area contributed by atoms with E-state index in [0.717, 1.165) is 37.0 Å². The van der Waals surface area contributed by atoms with E-state index in [9.17, 15) is 14.4 Å². The average molecular weight is 382 g/mol. The summed E-state index contributed by atoms with van der Waals surface area (Å²) in [7, 11) is 0. The zero-order valence-electron chi connectivity index (χ0n) is 15.6. The standard InChI is InChI=1S/C18H26N2O5S/c1-4-24-16(21)13-12(3)14(17(22)25-5-2)26-15(13)19-18(23)20-10-8-6-7-9-11-20/h4-11H2,1-3H3,(H,19,23). The number of anilines is 1. The molecule has 1 fully saturated rings. The Bertz CT molecular complexity index is 663. The van der Waals surface area contributed by atoms with Gasteiger partial charge in [0.25, 0.3) is 0 Å². The smallest absolute Gasteiger partial charge is 0.348 e. The van der Waals surface area contributed by atoms with E-state index < -0.39 is 11.9 Å². The van der Waals surface area contributed by atoms with Crippen LogP contribution in [0.5, 0.6) is 0 Å². The molecule has 2 amide bonds. The lowest BCUT2D eigenvalue weighted by molar-refractivity contribution is 0.0527. The highest BCUT2D eigenvalue weighted by Crippen LogP contribution is 2.34. The molecular weight excluding hydrogens is 356 g/mol. The van der Waals surface area contributed by atoms with Gasteiger partial charge < -0.3 is 14.4 Å². The second-order valence-electron chi connectivity index (χ2n) is 6.03. The van der Waals surface area contributed by atoms with Gasteiger partial charge in [-0.05, 0) is 39.2 Å². The second kappa shape index (κ2) is 9.56. The summed E-state index contributed by atoms with van der Waals surface area (Å²) >= 11 is 1.05. The van der Waals surface area contributed by atoms with Gasteiger partial charge in [0.15, 0.2) is 0 Å². The van der Waals surface area contributed by atoms with E-state index in [4.69, 9.17) is 9.47 Å². The van der Waals surface area contributed by atoms with Crippen molar-refractivity contribution in [1.29, 1.82) is 0 Å². The minimum absolute atomic E-state index is 0.211. The van der Waals surface area contributed by atoms with Crippen molar-refractivity contribution in [3.8, 4) is 0 Å². The molecule has 1 N–H and O–H groups in total. The largest absolute Gasteiger partial charge is 0.462 e. The van der Waals surface area contributed by atoms with Gasteiger partial charge >= 0.3 is 18.0 Å². The monoisotopic (exact) mass is 382 g/mol. The molecule has 0 unspecified atom stereocenters. The third kappa shape index (κ3) is 4.75. The lowest BCUT2D eigenvalue weighted by Crippen LogP contribution is -2.35. The van der Waals surface area contributed by atoms with Crippen molar-refractivity contribution in [1.82, 2.24) is 4.90 Å². The Morgan fingerprint density at radius 1 is 1.00 bits per heavy atom. The number of esters is 2. The minimum atomic E-state index is -0.553. The molecule has 144 valence electrons. The maximum absolute atomic E-state index is 12.6. The fraction of sp³-hybridized carbons (Fsp3) is 0.611. The molecule has 0 saturated carbocycles. The van der Waals surface area contributed by atoms with E-state index in [1.54, 1.807) is 25.7 Å². The van der Waals surface area contributed by atoms with Gasteiger partial charge in [-0.1, -0.05) is 12.8 Å². The normalized spacial score (nSPS) is 14.5. The van der Waals surface area contributed by atoms with Crippen LogP contribution in [0, 0.1) is 6.92 Å². The van der Waals surface area contributed by atoms with Crippen molar-refractivity contribution in [3.63, 3.8) is 0 Å². The highest BCUT2D eigenvalue weighted by atomic mass is 32.1. The van der Waals surface area contributed by atoms with Crippen LogP contribution >= 0.6 is 11.3 Å². The van der Waals surface area contributed by atoms with Crippen molar-refractivity contribution in [2.45, 2.75) is 46.5 Å². The number of nitrogens with one attached hydrogen (secondary N) is 1. The number of thiophene rings is 1. The molecule has 2 rings (SSSR count). The highest BCUT2D eigenvalue weighted by molar-refractivity contribution is 7.18. The quantitative estimate of drug-likeness (QED) is 0.783. The first-order valence-corrected chi connectivity index (χ1v) is 9.84. The first-order chi connectivity index (χ1) is 12.5. The van der Waals surface area contributed by atoms with Gasteiger partial charge in [-0.25, -0.2) is 14.4 Å². The fourth-order valence-electron chi connectivity index (χ4n) is 2.89. The number of nitrogens with zero attached hydrogens (tertiary/aromatic N) is 1. The predicted molar refractivity (Wildman–Crippen MR) is 100 cm³/mol. The number of rotatable bonds is 5. The van der Waals surface area contributed by atoms with Gasteiger partial charge in [-0.2, -0.15) is 0 Å². The first kappa shape index (κ1) is 20.2. The number of hydrogen-bond donors (Lipinski definition) is 1. The molecule has 1 aromatic heterocycles. The van der Waals surface area contributed by atoms with Gasteiger partial charge in [-0.3, -0.25) is 5.32 Å². The van der Waals surface area contributed by atoms with Crippen LogP contribution in [0.2, 0.25) is 0 Å². The van der Waals surface area contributed by atoms with Gasteiger partial charge in [0.05, 0.1) is 18.8 Å². The summed E-state index contributed by atoms with van der Waals surface area (Å²) in [5, 5.41) is 3.13.